The number of benzene rings is 2. The lowest BCUT2D eigenvalue weighted by molar-refractivity contribution is 0.0696. The van der Waals surface area contributed by atoms with Gasteiger partial charge in [0.25, 0.3) is 0 Å². The van der Waals surface area contributed by atoms with Gasteiger partial charge in [-0.2, -0.15) is 0 Å². The Labute approximate surface area is 156 Å². The molecule has 3 aromatic rings. The summed E-state index contributed by atoms with van der Waals surface area (Å²) in [7, 11) is 0. The van der Waals surface area contributed by atoms with Crippen molar-refractivity contribution in [2.75, 3.05) is 17.2 Å². The highest BCUT2D eigenvalue weighted by Crippen LogP contribution is 2.28. The Morgan fingerprint density at radius 3 is 2.67 bits per heavy atom. The van der Waals surface area contributed by atoms with Gasteiger partial charge in [-0.05, 0) is 55.1 Å². The van der Waals surface area contributed by atoms with Crippen molar-refractivity contribution in [3.05, 3.63) is 59.8 Å². The fraction of sp³-hybridized carbons (Fsp3) is 0.150. The first-order valence-electron chi connectivity index (χ1n) is 8.52. The van der Waals surface area contributed by atoms with Crippen LogP contribution >= 0.6 is 0 Å². The number of nitrogens with one attached hydrogen (secondary N) is 3. The van der Waals surface area contributed by atoms with E-state index in [9.17, 15) is 9.59 Å². The number of hydrogen-bond acceptors (Lipinski definition) is 4. The summed E-state index contributed by atoms with van der Waals surface area (Å²) in [6.45, 7) is 4.14. The largest absolute Gasteiger partial charge is 0.478 e. The number of pyridine rings is 1. The smallest absolute Gasteiger partial charge is 0.335 e. The van der Waals surface area contributed by atoms with Crippen molar-refractivity contribution >= 4 is 40.0 Å². The van der Waals surface area contributed by atoms with E-state index in [-0.39, 0.29) is 11.6 Å². The molecule has 138 valence electrons. The second kappa shape index (κ2) is 7.74. The molecule has 2 aromatic carbocycles. The molecule has 3 rings (SSSR count). The number of urea groups is 1. The Balaban J connectivity index is 1.88. The molecule has 4 N–H and O–H groups in total. The summed E-state index contributed by atoms with van der Waals surface area (Å²) in [5.41, 5.74) is 2.59. The lowest BCUT2D eigenvalue weighted by atomic mass is 10.1. The zero-order chi connectivity index (χ0) is 19.4. The van der Waals surface area contributed by atoms with Gasteiger partial charge in [0.05, 0.1) is 5.56 Å². The van der Waals surface area contributed by atoms with Gasteiger partial charge in [0.2, 0.25) is 0 Å². The molecule has 0 unspecified atom stereocenters. The van der Waals surface area contributed by atoms with Crippen LogP contribution in [0.5, 0.6) is 0 Å². The highest BCUT2D eigenvalue weighted by atomic mass is 16.4. The molecule has 0 saturated heterocycles. The molecular formula is C20H20N4O3. The van der Waals surface area contributed by atoms with Gasteiger partial charge in [0, 0.05) is 29.5 Å². The Hall–Kier alpha value is -3.61. The second-order valence-corrected chi connectivity index (χ2v) is 6.04. The average Bonchev–Trinajstić information content (AvgIpc) is 2.61. The van der Waals surface area contributed by atoms with E-state index < -0.39 is 5.97 Å². The van der Waals surface area contributed by atoms with Gasteiger partial charge >= 0.3 is 12.0 Å². The Morgan fingerprint density at radius 2 is 1.96 bits per heavy atom. The van der Waals surface area contributed by atoms with Crippen LogP contribution in [0, 0.1) is 6.92 Å². The number of aromatic carboxylic acids is 1. The lowest BCUT2D eigenvalue weighted by Gasteiger charge is -2.12. The molecule has 2 amide bonds. The quantitative estimate of drug-likeness (QED) is 0.545. The molecule has 1 aromatic heterocycles. The standard InChI is InChI=1S/C20H20N4O3/c1-3-21-20(27)24-18-10-13-5-4-6-17(16(13)11-22-18)23-14-7-8-15(19(25)26)12(2)9-14/h4-11,23H,3H2,1-2H3,(H,25,26)(H2,21,22,24,27). The Morgan fingerprint density at radius 1 is 1.15 bits per heavy atom. The molecule has 0 saturated carbocycles. The molecule has 0 aliphatic heterocycles. The third-order valence-electron chi connectivity index (χ3n) is 4.08. The second-order valence-electron chi connectivity index (χ2n) is 6.04. The summed E-state index contributed by atoms with van der Waals surface area (Å²) < 4.78 is 0. The molecule has 27 heavy (non-hydrogen) atoms. The summed E-state index contributed by atoms with van der Waals surface area (Å²) in [5, 5.41) is 19.6. The number of amides is 2. The molecule has 0 fully saturated rings. The highest BCUT2D eigenvalue weighted by molar-refractivity contribution is 5.98. The van der Waals surface area contributed by atoms with Crippen molar-refractivity contribution in [2.24, 2.45) is 0 Å². The lowest BCUT2D eigenvalue weighted by Crippen LogP contribution is -2.28. The third kappa shape index (κ3) is 4.14. The normalized spacial score (nSPS) is 10.4. The number of anilines is 3. The minimum atomic E-state index is -0.944. The van der Waals surface area contributed by atoms with E-state index in [0.717, 1.165) is 22.1 Å². The number of rotatable bonds is 5. The maximum atomic E-state index is 11.6. The van der Waals surface area contributed by atoms with Crippen LogP contribution in [-0.2, 0) is 0 Å². The van der Waals surface area contributed by atoms with Crippen molar-refractivity contribution in [1.82, 2.24) is 10.3 Å². The van der Waals surface area contributed by atoms with Crippen LogP contribution in [-0.4, -0.2) is 28.6 Å². The molecule has 0 radical (unpaired) electrons. The number of aromatic nitrogens is 1. The first-order chi connectivity index (χ1) is 13.0. The molecule has 7 heteroatoms. The maximum absolute atomic E-state index is 11.6. The fourth-order valence-corrected chi connectivity index (χ4v) is 2.81. The van der Waals surface area contributed by atoms with Gasteiger partial charge in [0.1, 0.15) is 5.82 Å². The number of carboxylic acid groups (broad SMARTS) is 1. The van der Waals surface area contributed by atoms with E-state index in [0.29, 0.717) is 17.9 Å². The Kier molecular flexibility index (Phi) is 5.21. The molecule has 0 atom stereocenters. The Bertz CT molecular complexity index is 1020. The topological polar surface area (TPSA) is 103 Å². The van der Waals surface area contributed by atoms with Crippen LogP contribution in [0.1, 0.15) is 22.8 Å². The maximum Gasteiger partial charge on any atom is 0.335 e. The number of carbonyl (C=O) groups is 2. The summed E-state index contributed by atoms with van der Waals surface area (Å²) in [4.78, 5) is 27.1. The van der Waals surface area contributed by atoms with Gasteiger partial charge < -0.3 is 15.7 Å². The van der Waals surface area contributed by atoms with Crippen LogP contribution in [0.25, 0.3) is 10.8 Å². The van der Waals surface area contributed by atoms with E-state index >= 15 is 0 Å². The molecule has 0 aliphatic carbocycles. The average molecular weight is 364 g/mol. The highest BCUT2D eigenvalue weighted by Gasteiger charge is 2.09. The minimum absolute atomic E-state index is 0.279. The third-order valence-corrected chi connectivity index (χ3v) is 4.08. The number of carbonyl (C=O) groups excluding carboxylic acids is 1. The van der Waals surface area contributed by atoms with Crippen molar-refractivity contribution in [2.45, 2.75) is 13.8 Å². The van der Waals surface area contributed by atoms with Crippen molar-refractivity contribution in [3.8, 4) is 0 Å². The van der Waals surface area contributed by atoms with Crippen LogP contribution in [0.2, 0.25) is 0 Å². The van der Waals surface area contributed by atoms with E-state index in [1.807, 2.05) is 25.1 Å². The van der Waals surface area contributed by atoms with Crippen molar-refractivity contribution in [3.63, 3.8) is 0 Å². The SMILES string of the molecule is CCNC(=O)Nc1cc2cccc(Nc3ccc(C(=O)O)c(C)c3)c2cn1. The number of aryl methyl sites for hydroxylation is 1. The summed E-state index contributed by atoms with van der Waals surface area (Å²) >= 11 is 0. The van der Waals surface area contributed by atoms with E-state index in [2.05, 4.69) is 20.9 Å². The van der Waals surface area contributed by atoms with Gasteiger partial charge in [-0.15, -0.1) is 0 Å². The van der Waals surface area contributed by atoms with E-state index in [1.54, 1.807) is 37.4 Å². The van der Waals surface area contributed by atoms with Crippen molar-refractivity contribution < 1.29 is 14.7 Å². The van der Waals surface area contributed by atoms with Crippen molar-refractivity contribution in [1.29, 1.82) is 0 Å². The summed E-state index contributed by atoms with van der Waals surface area (Å²) in [6.07, 6.45) is 1.69. The molecule has 7 nitrogen and oxygen atoms in total. The zero-order valence-electron chi connectivity index (χ0n) is 15.0. The van der Waals surface area contributed by atoms with Crippen LogP contribution in [0.4, 0.5) is 22.0 Å². The molecule has 1 heterocycles. The molecule has 0 bridgehead atoms. The van der Waals surface area contributed by atoms with Gasteiger partial charge in [-0.1, -0.05) is 12.1 Å². The fourth-order valence-electron chi connectivity index (χ4n) is 2.81. The van der Waals surface area contributed by atoms with E-state index in [1.165, 1.54) is 0 Å². The first-order valence-corrected chi connectivity index (χ1v) is 8.52. The minimum Gasteiger partial charge on any atom is -0.478 e. The van der Waals surface area contributed by atoms with Crippen LogP contribution in [0.3, 0.4) is 0 Å². The van der Waals surface area contributed by atoms with Gasteiger partial charge in [-0.3, -0.25) is 5.32 Å². The van der Waals surface area contributed by atoms with Gasteiger partial charge in [-0.25, -0.2) is 14.6 Å². The molecule has 0 spiro atoms. The summed E-state index contributed by atoms with van der Waals surface area (Å²) in [6, 6.07) is 12.4. The monoisotopic (exact) mass is 364 g/mol. The number of nitrogens with zero attached hydrogens (tertiary/aromatic N) is 1. The molecule has 0 aliphatic rings. The van der Waals surface area contributed by atoms with Crippen LogP contribution in [0.15, 0.2) is 48.7 Å². The van der Waals surface area contributed by atoms with E-state index in [4.69, 9.17) is 5.11 Å². The predicted octanol–water partition coefficient (Wildman–Crippen LogP) is 4.13. The summed E-state index contributed by atoms with van der Waals surface area (Å²) in [5.74, 6) is -0.479. The van der Waals surface area contributed by atoms with Gasteiger partial charge in [0.15, 0.2) is 0 Å². The number of fused-ring (bicyclic) bond motifs is 1. The molecular weight excluding hydrogens is 344 g/mol. The zero-order valence-corrected chi connectivity index (χ0v) is 15.0. The number of carboxylic acids is 1. The predicted molar refractivity (Wildman–Crippen MR) is 106 cm³/mol. The first kappa shape index (κ1) is 18.2. The van der Waals surface area contributed by atoms with Crippen LogP contribution < -0.4 is 16.0 Å². The number of hydrogen-bond donors (Lipinski definition) is 4.